The molecule has 0 unspecified atom stereocenters. The van der Waals surface area contributed by atoms with Gasteiger partial charge in [-0.1, -0.05) is 24.6 Å². The molecule has 0 amide bonds. The van der Waals surface area contributed by atoms with E-state index in [0.29, 0.717) is 10.1 Å². The molecule has 0 saturated heterocycles. The Morgan fingerprint density at radius 1 is 1.50 bits per heavy atom. The molecule has 0 heterocycles. The van der Waals surface area contributed by atoms with E-state index in [1.54, 1.807) is 0 Å². The van der Waals surface area contributed by atoms with Gasteiger partial charge in [-0.2, -0.15) is 0 Å². The summed E-state index contributed by atoms with van der Waals surface area (Å²) in [4.78, 5) is 0. The van der Waals surface area contributed by atoms with Crippen LogP contribution in [0.5, 0.6) is 0 Å². The molecule has 1 rings (SSSR count). The van der Waals surface area contributed by atoms with Gasteiger partial charge in [0.1, 0.15) is 0 Å². The van der Waals surface area contributed by atoms with Gasteiger partial charge in [-0.05, 0) is 36.8 Å². The summed E-state index contributed by atoms with van der Waals surface area (Å²) in [5.41, 5.74) is 0.908. The van der Waals surface area contributed by atoms with E-state index in [0.717, 1.165) is 18.7 Å². The molecule has 0 aromatic heterocycles. The summed E-state index contributed by atoms with van der Waals surface area (Å²) in [5, 5.41) is 7.47. The van der Waals surface area contributed by atoms with Gasteiger partial charge in [0.2, 0.25) is 0 Å². The van der Waals surface area contributed by atoms with E-state index >= 15 is 0 Å². The lowest BCUT2D eigenvalue weighted by Gasteiger charge is -2.09. The molecule has 0 atom stereocenters. The standard InChI is InChI=1S/C10H13ClN2S/c1-2-6-12-10(14)13-9-5-3-4-8(11)7-9/h3-5,7H,2,6H2,1H3,(H2,12,13,14). The van der Waals surface area contributed by atoms with Crippen LogP contribution in [0.2, 0.25) is 5.02 Å². The number of hydrogen-bond acceptors (Lipinski definition) is 1. The molecule has 1 aromatic carbocycles. The predicted octanol–water partition coefficient (Wildman–Crippen LogP) is 3.04. The van der Waals surface area contributed by atoms with E-state index in [4.69, 9.17) is 23.8 Å². The summed E-state index contributed by atoms with van der Waals surface area (Å²) >= 11 is 10.9. The van der Waals surface area contributed by atoms with Gasteiger partial charge in [-0.3, -0.25) is 0 Å². The van der Waals surface area contributed by atoms with Crippen LogP contribution in [0.1, 0.15) is 13.3 Å². The third-order valence-electron chi connectivity index (χ3n) is 1.62. The molecule has 0 saturated carbocycles. The van der Waals surface area contributed by atoms with Gasteiger partial charge in [0.25, 0.3) is 0 Å². The van der Waals surface area contributed by atoms with E-state index in [2.05, 4.69) is 17.6 Å². The average molecular weight is 229 g/mol. The molecule has 1 aromatic rings. The zero-order valence-corrected chi connectivity index (χ0v) is 9.58. The number of halogens is 1. The van der Waals surface area contributed by atoms with Gasteiger partial charge in [-0.25, -0.2) is 0 Å². The van der Waals surface area contributed by atoms with Crippen LogP contribution in [0.4, 0.5) is 5.69 Å². The molecule has 0 bridgehead atoms. The van der Waals surface area contributed by atoms with Crippen LogP contribution < -0.4 is 10.6 Å². The number of rotatable bonds is 3. The van der Waals surface area contributed by atoms with Crippen molar-refractivity contribution in [3.8, 4) is 0 Å². The number of benzene rings is 1. The Labute approximate surface area is 94.7 Å². The molecule has 0 spiro atoms. The molecule has 76 valence electrons. The second-order valence-corrected chi connectivity index (χ2v) is 3.74. The van der Waals surface area contributed by atoms with Crippen LogP contribution in [0.3, 0.4) is 0 Å². The second kappa shape index (κ2) is 5.83. The monoisotopic (exact) mass is 228 g/mol. The highest BCUT2D eigenvalue weighted by Gasteiger charge is 1.96. The molecule has 14 heavy (non-hydrogen) atoms. The fourth-order valence-corrected chi connectivity index (χ4v) is 1.39. The Balaban J connectivity index is 2.47. The minimum atomic E-state index is 0.633. The number of nitrogens with one attached hydrogen (secondary N) is 2. The fourth-order valence-electron chi connectivity index (χ4n) is 0.980. The highest BCUT2D eigenvalue weighted by atomic mass is 35.5. The van der Waals surface area contributed by atoms with Gasteiger partial charge >= 0.3 is 0 Å². The van der Waals surface area contributed by atoms with Crippen LogP contribution in [-0.4, -0.2) is 11.7 Å². The quantitative estimate of drug-likeness (QED) is 0.778. The third-order valence-corrected chi connectivity index (χ3v) is 2.10. The van der Waals surface area contributed by atoms with Crippen LogP contribution in [0.25, 0.3) is 0 Å². The molecule has 0 aliphatic heterocycles. The largest absolute Gasteiger partial charge is 0.362 e. The maximum absolute atomic E-state index is 5.83. The lowest BCUT2D eigenvalue weighted by atomic mass is 10.3. The number of hydrogen-bond donors (Lipinski definition) is 2. The van der Waals surface area contributed by atoms with E-state index < -0.39 is 0 Å². The lowest BCUT2D eigenvalue weighted by Crippen LogP contribution is -2.28. The average Bonchev–Trinajstić information content (AvgIpc) is 2.15. The van der Waals surface area contributed by atoms with E-state index in [-0.39, 0.29) is 0 Å². The summed E-state index contributed by atoms with van der Waals surface area (Å²) in [5.74, 6) is 0. The SMILES string of the molecule is CCCNC(=S)Nc1cccc(Cl)c1. The number of thiocarbonyl (C=S) groups is 1. The van der Waals surface area contributed by atoms with Crippen molar-refractivity contribution in [3.05, 3.63) is 29.3 Å². The van der Waals surface area contributed by atoms with Gasteiger partial charge in [-0.15, -0.1) is 0 Å². The Hall–Kier alpha value is -0.800. The van der Waals surface area contributed by atoms with E-state index in [1.807, 2.05) is 24.3 Å². The van der Waals surface area contributed by atoms with Crippen molar-refractivity contribution < 1.29 is 0 Å². The Kier molecular flexibility index (Phi) is 4.70. The van der Waals surface area contributed by atoms with Crippen molar-refractivity contribution in [1.82, 2.24) is 5.32 Å². The summed E-state index contributed by atoms with van der Waals surface area (Å²) < 4.78 is 0. The maximum Gasteiger partial charge on any atom is 0.170 e. The molecule has 4 heteroatoms. The minimum Gasteiger partial charge on any atom is -0.362 e. The lowest BCUT2D eigenvalue weighted by molar-refractivity contribution is 0.846. The highest BCUT2D eigenvalue weighted by Crippen LogP contribution is 2.14. The van der Waals surface area contributed by atoms with Crippen molar-refractivity contribution in [2.24, 2.45) is 0 Å². The first kappa shape index (κ1) is 11.3. The molecule has 0 radical (unpaired) electrons. The van der Waals surface area contributed by atoms with Gasteiger partial charge in [0, 0.05) is 17.3 Å². The smallest absolute Gasteiger partial charge is 0.170 e. The van der Waals surface area contributed by atoms with Crippen LogP contribution in [0.15, 0.2) is 24.3 Å². The highest BCUT2D eigenvalue weighted by molar-refractivity contribution is 7.80. The zero-order chi connectivity index (χ0) is 10.4. The van der Waals surface area contributed by atoms with Crippen molar-refractivity contribution in [2.45, 2.75) is 13.3 Å². The summed E-state index contributed by atoms with van der Waals surface area (Å²) in [6, 6.07) is 7.47. The molecular formula is C10H13ClN2S. The predicted molar refractivity (Wildman–Crippen MR) is 66.0 cm³/mol. The first-order valence-electron chi connectivity index (χ1n) is 4.53. The third kappa shape index (κ3) is 3.94. The molecule has 0 aliphatic rings. The summed E-state index contributed by atoms with van der Waals surface area (Å²) in [6.07, 6.45) is 1.05. The summed E-state index contributed by atoms with van der Waals surface area (Å²) in [6.45, 7) is 2.97. The van der Waals surface area contributed by atoms with Crippen molar-refractivity contribution >= 4 is 34.6 Å². The normalized spacial score (nSPS) is 9.57. The van der Waals surface area contributed by atoms with Crippen LogP contribution in [0, 0.1) is 0 Å². The molecular weight excluding hydrogens is 216 g/mol. The first-order chi connectivity index (χ1) is 6.72. The van der Waals surface area contributed by atoms with Gasteiger partial charge in [0.15, 0.2) is 5.11 Å². The van der Waals surface area contributed by atoms with E-state index in [1.165, 1.54) is 0 Å². The Bertz CT molecular complexity index is 315. The first-order valence-corrected chi connectivity index (χ1v) is 5.31. The molecule has 2 nitrogen and oxygen atoms in total. The van der Waals surface area contributed by atoms with E-state index in [9.17, 15) is 0 Å². The topological polar surface area (TPSA) is 24.1 Å². The summed E-state index contributed by atoms with van der Waals surface area (Å²) in [7, 11) is 0. The maximum atomic E-state index is 5.83. The van der Waals surface area contributed by atoms with Crippen molar-refractivity contribution in [1.29, 1.82) is 0 Å². The fraction of sp³-hybridized carbons (Fsp3) is 0.300. The van der Waals surface area contributed by atoms with Crippen LogP contribution in [-0.2, 0) is 0 Å². The number of anilines is 1. The van der Waals surface area contributed by atoms with Crippen molar-refractivity contribution in [2.75, 3.05) is 11.9 Å². The Morgan fingerprint density at radius 3 is 2.93 bits per heavy atom. The van der Waals surface area contributed by atoms with Crippen LogP contribution >= 0.6 is 23.8 Å². The second-order valence-electron chi connectivity index (χ2n) is 2.89. The molecule has 0 fully saturated rings. The van der Waals surface area contributed by atoms with Gasteiger partial charge in [0.05, 0.1) is 0 Å². The van der Waals surface area contributed by atoms with Crippen molar-refractivity contribution in [3.63, 3.8) is 0 Å². The van der Waals surface area contributed by atoms with Gasteiger partial charge < -0.3 is 10.6 Å². The molecule has 2 N–H and O–H groups in total. The zero-order valence-electron chi connectivity index (χ0n) is 8.01. The Morgan fingerprint density at radius 2 is 2.29 bits per heavy atom. The molecule has 0 aliphatic carbocycles. The minimum absolute atomic E-state index is 0.633.